The number of nitrogens with one attached hydrogen (secondary N) is 1. The molecule has 0 fully saturated rings. The zero-order valence-corrected chi connectivity index (χ0v) is 12.6. The van der Waals surface area contributed by atoms with Crippen LogP contribution in [0, 0.1) is 5.82 Å². The third-order valence-corrected chi connectivity index (χ3v) is 3.87. The van der Waals surface area contributed by atoms with E-state index in [-0.39, 0.29) is 5.82 Å². The summed E-state index contributed by atoms with van der Waals surface area (Å²) in [5.74, 6) is 0.331. The van der Waals surface area contributed by atoms with Crippen molar-refractivity contribution < 1.29 is 9.13 Å². The molecule has 0 aliphatic heterocycles. The van der Waals surface area contributed by atoms with Gasteiger partial charge in [0.15, 0.2) is 0 Å². The summed E-state index contributed by atoms with van der Waals surface area (Å²) in [6.07, 6.45) is 0. The Bertz CT molecular complexity index is 592. The Kier molecular flexibility index (Phi) is 4.66. The molecule has 0 heterocycles. The maximum atomic E-state index is 13.4. The van der Waals surface area contributed by atoms with Crippen LogP contribution in [0.4, 0.5) is 10.1 Å². The summed E-state index contributed by atoms with van der Waals surface area (Å²) in [6, 6.07) is 10.3. The summed E-state index contributed by atoms with van der Waals surface area (Å²) in [6.45, 7) is 0.503. The lowest BCUT2D eigenvalue weighted by Crippen LogP contribution is -2.01. The number of hydrogen-bond acceptors (Lipinski definition) is 2. The van der Waals surface area contributed by atoms with E-state index >= 15 is 0 Å². The number of hydrogen-bond donors (Lipinski definition) is 1. The largest absolute Gasteiger partial charge is 0.495 e. The molecule has 2 nitrogen and oxygen atoms in total. The average Bonchev–Trinajstić information content (AvgIpc) is 2.42. The maximum absolute atomic E-state index is 13.4. The summed E-state index contributed by atoms with van der Waals surface area (Å²) in [5, 5.41) is 3.75. The second kappa shape index (κ2) is 6.26. The molecule has 100 valence electrons. The first-order valence-corrected chi connectivity index (χ1v) is 6.79. The fraction of sp³-hybridized carbons (Fsp3) is 0.143. The SMILES string of the molecule is COc1cc(NCc2cccc(F)c2Br)ccc1Cl. The molecule has 19 heavy (non-hydrogen) atoms. The van der Waals surface area contributed by atoms with E-state index in [4.69, 9.17) is 16.3 Å². The number of ether oxygens (including phenoxy) is 1. The van der Waals surface area contributed by atoms with Gasteiger partial charge in [0.1, 0.15) is 11.6 Å². The molecule has 0 radical (unpaired) electrons. The van der Waals surface area contributed by atoms with Crippen LogP contribution in [0.1, 0.15) is 5.56 Å². The number of rotatable bonds is 4. The Morgan fingerprint density at radius 3 is 2.84 bits per heavy atom. The standard InChI is InChI=1S/C14H12BrClFNO/c1-19-13-7-10(5-6-11(13)16)18-8-9-3-2-4-12(17)14(9)15/h2-7,18H,8H2,1H3. The average molecular weight is 345 g/mol. The highest BCUT2D eigenvalue weighted by molar-refractivity contribution is 9.10. The van der Waals surface area contributed by atoms with E-state index < -0.39 is 0 Å². The Balaban J connectivity index is 2.12. The van der Waals surface area contributed by atoms with Crippen molar-refractivity contribution in [2.75, 3.05) is 12.4 Å². The quantitative estimate of drug-likeness (QED) is 0.855. The van der Waals surface area contributed by atoms with Crippen molar-refractivity contribution in [3.63, 3.8) is 0 Å². The van der Waals surface area contributed by atoms with Gasteiger partial charge in [0.2, 0.25) is 0 Å². The first kappa shape index (κ1) is 14.2. The molecule has 0 aliphatic carbocycles. The van der Waals surface area contributed by atoms with Gasteiger partial charge in [0.05, 0.1) is 16.6 Å². The summed E-state index contributed by atoms with van der Waals surface area (Å²) in [5.41, 5.74) is 1.70. The Labute approximate surface area is 124 Å². The summed E-state index contributed by atoms with van der Waals surface area (Å²) < 4.78 is 19.0. The fourth-order valence-electron chi connectivity index (χ4n) is 1.65. The Morgan fingerprint density at radius 2 is 2.11 bits per heavy atom. The second-order valence-corrected chi connectivity index (χ2v) is 5.12. The molecule has 5 heteroatoms. The van der Waals surface area contributed by atoms with Gasteiger partial charge >= 0.3 is 0 Å². The predicted molar refractivity (Wildman–Crippen MR) is 79.4 cm³/mol. The summed E-state index contributed by atoms with van der Waals surface area (Å²) in [7, 11) is 1.56. The van der Waals surface area contributed by atoms with E-state index in [1.54, 1.807) is 25.3 Å². The zero-order chi connectivity index (χ0) is 13.8. The molecule has 0 saturated carbocycles. The van der Waals surface area contributed by atoms with Gasteiger partial charge in [-0.05, 0) is 39.7 Å². The molecule has 0 bridgehead atoms. The van der Waals surface area contributed by atoms with E-state index in [1.165, 1.54) is 6.07 Å². The van der Waals surface area contributed by atoms with Crippen LogP contribution in [0.5, 0.6) is 5.75 Å². The minimum atomic E-state index is -0.270. The summed E-state index contributed by atoms with van der Waals surface area (Å²) >= 11 is 9.18. The van der Waals surface area contributed by atoms with Gasteiger partial charge < -0.3 is 10.1 Å². The predicted octanol–water partition coefficient (Wildman–Crippen LogP) is 4.86. The van der Waals surface area contributed by atoms with Crippen molar-refractivity contribution in [3.05, 3.63) is 57.3 Å². The first-order valence-electron chi connectivity index (χ1n) is 5.62. The number of benzene rings is 2. The van der Waals surface area contributed by atoms with Crippen LogP contribution < -0.4 is 10.1 Å². The molecule has 1 N–H and O–H groups in total. The summed E-state index contributed by atoms with van der Waals surface area (Å²) in [4.78, 5) is 0. The van der Waals surface area contributed by atoms with Crippen LogP contribution in [0.25, 0.3) is 0 Å². The van der Waals surface area contributed by atoms with Gasteiger partial charge in [-0.1, -0.05) is 23.7 Å². The van der Waals surface area contributed by atoms with E-state index in [1.807, 2.05) is 12.1 Å². The van der Waals surface area contributed by atoms with Crippen molar-refractivity contribution >= 4 is 33.2 Å². The Hall–Kier alpha value is -1.26. The number of anilines is 1. The van der Waals surface area contributed by atoms with E-state index in [9.17, 15) is 4.39 Å². The Morgan fingerprint density at radius 1 is 1.32 bits per heavy atom. The minimum absolute atomic E-state index is 0.270. The molecule has 0 unspecified atom stereocenters. The molecular weight excluding hydrogens is 333 g/mol. The van der Waals surface area contributed by atoms with Crippen molar-refractivity contribution in [1.29, 1.82) is 0 Å². The van der Waals surface area contributed by atoms with Gasteiger partial charge in [-0.25, -0.2) is 4.39 Å². The number of halogens is 3. The minimum Gasteiger partial charge on any atom is -0.495 e. The monoisotopic (exact) mass is 343 g/mol. The van der Waals surface area contributed by atoms with Gasteiger partial charge in [0, 0.05) is 18.3 Å². The van der Waals surface area contributed by atoms with Crippen LogP contribution in [-0.4, -0.2) is 7.11 Å². The van der Waals surface area contributed by atoms with Gasteiger partial charge in [-0.15, -0.1) is 0 Å². The molecule has 2 aromatic carbocycles. The van der Waals surface area contributed by atoms with Crippen molar-refractivity contribution in [2.45, 2.75) is 6.54 Å². The van der Waals surface area contributed by atoms with Crippen molar-refractivity contribution in [1.82, 2.24) is 0 Å². The highest BCUT2D eigenvalue weighted by Gasteiger charge is 2.06. The molecule has 0 aromatic heterocycles. The van der Waals surface area contributed by atoms with Gasteiger partial charge in [-0.2, -0.15) is 0 Å². The topological polar surface area (TPSA) is 21.3 Å². The molecule has 0 amide bonds. The van der Waals surface area contributed by atoms with E-state index in [2.05, 4.69) is 21.2 Å². The van der Waals surface area contributed by atoms with Crippen LogP contribution >= 0.6 is 27.5 Å². The lowest BCUT2D eigenvalue weighted by atomic mass is 10.2. The van der Waals surface area contributed by atoms with Crippen LogP contribution in [-0.2, 0) is 6.54 Å². The maximum Gasteiger partial charge on any atom is 0.139 e. The molecule has 0 spiro atoms. The van der Waals surface area contributed by atoms with Gasteiger partial charge in [-0.3, -0.25) is 0 Å². The highest BCUT2D eigenvalue weighted by Crippen LogP contribution is 2.28. The van der Waals surface area contributed by atoms with Crippen molar-refractivity contribution in [2.24, 2.45) is 0 Å². The lowest BCUT2D eigenvalue weighted by Gasteiger charge is -2.10. The smallest absolute Gasteiger partial charge is 0.139 e. The van der Waals surface area contributed by atoms with Gasteiger partial charge in [0.25, 0.3) is 0 Å². The molecule has 2 rings (SSSR count). The molecule has 2 aromatic rings. The first-order chi connectivity index (χ1) is 9.11. The molecular formula is C14H12BrClFNO. The second-order valence-electron chi connectivity index (χ2n) is 3.92. The fourth-order valence-corrected chi connectivity index (χ4v) is 2.25. The molecule has 0 saturated heterocycles. The van der Waals surface area contributed by atoms with Crippen molar-refractivity contribution in [3.8, 4) is 5.75 Å². The zero-order valence-electron chi connectivity index (χ0n) is 10.2. The third-order valence-electron chi connectivity index (χ3n) is 2.67. The lowest BCUT2D eigenvalue weighted by molar-refractivity contribution is 0.415. The normalized spacial score (nSPS) is 10.3. The van der Waals surface area contributed by atoms with E-state index in [0.29, 0.717) is 21.8 Å². The van der Waals surface area contributed by atoms with Crippen LogP contribution in [0.15, 0.2) is 40.9 Å². The van der Waals surface area contributed by atoms with Crippen LogP contribution in [0.2, 0.25) is 5.02 Å². The molecule has 0 atom stereocenters. The molecule has 0 aliphatic rings. The number of methoxy groups -OCH3 is 1. The van der Waals surface area contributed by atoms with E-state index in [0.717, 1.165) is 11.3 Å². The third kappa shape index (κ3) is 3.39. The van der Waals surface area contributed by atoms with Crippen LogP contribution in [0.3, 0.4) is 0 Å². The highest BCUT2D eigenvalue weighted by atomic mass is 79.9.